The fourth-order valence-corrected chi connectivity index (χ4v) is 5.95. The number of rotatable bonds is 5. The zero-order chi connectivity index (χ0) is 24.9. The average Bonchev–Trinajstić information content (AvgIpc) is 3.05. The molecule has 1 atom stereocenters. The molecule has 2 aliphatic rings. The van der Waals surface area contributed by atoms with E-state index in [0.717, 1.165) is 0 Å². The molecule has 0 aromatic heterocycles. The number of para-hydroxylation sites is 1. The summed E-state index contributed by atoms with van der Waals surface area (Å²) >= 11 is 0. The Morgan fingerprint density at radius 3 is 2.50 bits per heavy atom. The van der Waals surface area contributed by atoms with Crippen molar-refractivity contribution in [3.63, 3.8) is 0 Å². The van der Waals surface area contributed by atoms with Crippen LogP contribution in [0.2, 0.25) is 0 Å². The minimum atomic E-state index is -3.78. The van der Waals surface area contributed by atoms with Crippen molar-refractivity contribution in [2.75, 3.05) is 16.8 Å². The summed E-state index contributed by atoms with van der Waals surface area (Å²) in [7, 11) is -3.78. The van der Waals surface area contributed by atoms with Crippen LogP contribution in [-0.4, -0.2) is 48.8 Å². The van der Waals surface area contributed by atoms with Crippen LogP contribution in [0.4, 0.5) is 11.4 Å². The Balaban J connectivity index is 1.57. The number of hydrogen-bond donors (Lipinski definition) is 2. The number of nitrogens with one attached hydrogen (secondary N) is 2. The number of sulfonamides is 1. The molecule has 34 heavy (non-hydrogen) atoms. The lowest BCUT2D eigenvalue weighted by atomic mass is 9.98. The third-order valence-corrected chi connectivity index (χ3v) is 7.67. The largest absolute Gasteiger partial charge is 0.325 e. The molecule has 4 rings (SSSR count). The summed E-state index contributed by atoms with van der Waals surface area (Å²) in [4.78, 5) is 42.0. The highest BCUT2D eigenvalue weighted by Gasteiger charge is 2.53. The first-order chi connectivity index (χ1) is 15.8. The van der Waals surface area contributed by atoms with Crippen LogP contribution in [0.1, 0.15) is 50.9 Å². The van der Waals surface area contributed by atoms with Crippen LogP contribution in [0.5, 0.6) is 0 Å². The van der Waals surface area contributed by atoms with Gasteiger partial charge in [0.2, 0.25) is 21.8 Å². The second kappa shape index (κ2) is 8.21. The van der Waals surface area contributed by atoms with Gasteiger partial charge in [-0.25, -0.2) is 13.1 Å². The lowest BCUT2D eigenvalue weighted by molar-refractivity contribution is -0.120. The predicted molar refractivity (Wildman–Crippen MR) is 128 cm³/mol. The van der Waals surface area contributed by atoms with Gasteiger partial charge in [-0.15, -0.1) is 0 Å². The average molecular weight is 485 g/mol. The summed E-state index contributed by atoms with van der Waals surface area (Å²) in [6.45, 7) is 6.71. The quantitative estimate of drug-likeness (QED) is 0.677. The van der Waals surface area contributed by atoms with Crippen molar-refractivity contribution in [2.24, 2.45) is 0 Å². The van der Waals surface area contributed by atoms with Crippen molar-refractivity contribution in [1.82, 2.24) is 9.62 Å². The number of hydrogen-bond acceptors (Lipinski definition) is 5. The van der Waals surface area contributed by atoms with Crippen molar-refractivity contribution in [3.8, 4) is 0 Å². The number of nitrogens with zero attached hydrogens (tertiary/aromatic N) is 2. The second-order valence-electron chi connectivity index (χ2n) is 9.79. The van der Waals surface area contributed by atoms with Gasteiger partial charge >= 0.3 is 0 Å². The van der Waals surface area contributed by atoms with E-state index in [-0.39, 0.29) is 35.4 Å². The first kappa shape index (κ1) is 23.9. The highest BCUT2D eigenvalue weighted by molar-refractivity contribution is 7.89. The third-order valence-electron chi connectivity index (χ3n) is 5.92. The maximum atomic E-state index is 13.3. The van der Waals surface area contributed by atoms with Crippen molar-refractivity contribution >= 4 is 39.1 Å². The number of amides is 3. The SMILES string of the molecule is CC(C)(C)NS(=O)(=O)c1cccc(NC(=O)CN2C(=O)c3ccccc3N3C(=O)CCC23C)c1. The molecule has 180 valence electrons. The topological polar surface area (TPSA) is 116 Å². The number of carbonyl (C=O) groups excluding carboxylic acids is 3. The molecule has 10 heteroatoms. The minimum absolute atomic E-state index is 0.0164. The van der Waals surface area contributed by atoms with Crippen molar-refractivity contribution in [2.45, 2.75) is 56.6 Å². The van der Waals surface area contributed by atoms with Gasteiger partial charge in [0.1, 0.15) is 12.2 Å². The van der Waals surface area contributed by atoms with Gasteiger partial charge in [0.15, 0.2) is 0 Å². The normalized spacial score (nSPS) is 20.2. The maximum Gasteiger partial charge on any atom is 0.258 e. The molecule has 2 heterocycles. The molecular weight excluding hydrogens is 456 g/mol. The monoisotopic (exact) mass is 484 g/mol. The lowest BCUT2D eigenvalue weighted by Gasteiger charge is -2.48. The summed E-state index contributed by atoms with van der Waals surface area (Å²) in [6, 6.07) is 12.8. The first-order valence-electron chi connectivity index (χ1n) is 11.0. The standard InChI is InChI=1S/C24H28N4O5S/c1-23(2,3)26-34(32,33)17-9-7-8-16(14-17)25-20(29)15-27-22(31)18-10-5-6-11-19(18)28-21(30)12-13-24(27,28)4/h5-11,14,26H,12-13,15H2,1-4H3,(H,25,29). The van der Waals surface area contributed by atoms with Crippen LogP contribution in [0.15, 0.2) is 53.4 Å². The summed E-state index contributed by atoms with van der Waals surface area (Å²) in [5.74, 6) is -0.923. The molecule has 1 unspecified atom stereocenters. The number of fused-ring (bicyclic) bond motifs is 3. The van der Waals surface area contributed by atoms with Crippen LogP contribution < -0.4 is 14.9 Å². The van der Waals surface area contributed by atoms with E-state index in [9.17, 15) is 22.8 Å². The molecule has 2 N–H and O–H groups in total. The molecular formula is C24H28N4O5S. The van der Waals surface area contributed by atoms with Crippen LogP contribution in [0.25, 0.3) is 0 Å². The molecule has 0 radical (unpaired) electrons. The van der Waals surface area contributed by atoms with Gasteiger partial charge in [-0.3, -0.25) is 19.3 Å². The Morgan fingerprint density at radius 2 is 1.79 bits per heavy atom. The molecule has 0 bridgehead atoms. The molecule has 1 fully saturated rings. The molecule has 0 saturated carbocycles. The van der Waals surface area contributed by atoms with E-state index in [1.807, 2.05) is 0 Å². The molecule has 2 aliphatic heterocycles. The van der Waals surface area contributed by atoms with E-state index in [1.54, 1.807) is 62.9 Å². The molecule has 9 nitrogen and oxygen atoms in total. The van der Waals surface area contributed by atoms with Crippen LogP contribution >= 0.6 is 0 Å². The van der Waals surface area contributed by atoms with E-state index < -0.39 is 27.1 Å². The minimum Gasteiger partial charge on any atom is -0.325 e. The van der Waals surface area contributed by atoms with E-state index in [2.05, 4.69) is 10.0 Å². The Morgan fingerprint density at radius 1 is 1.09 bits per heavy atom. The number of benzene rings is 2. The number of carbonyl (C=O) groups is 3. The molecule has 1 saturated heterocycles. The predicted octanol–water partition coefficient (Wildman–Crippen LogP) is 2.70. The van der Waals surface area contributed by atoms with E-state index in [1.165, 1.54) is 23.1 Å². The van der Waals surface area contributed by atoms with Crippen molar-refractivity contribution in [3.05, 3.63) is 54.1 Å². The lowest BCUT2D eigenvalue weighted by Crippen LogP contribution is -2.63. The number of anilines is 2. The molecule has 0 aliphatic carbocycles. The fraction of sp³-hybridized carbons (Fsp3) is 0.375. The maximum absolute atomic E-state index is 13.3. The van der Waals surface area contributed by atoms with Gasteiger partial charge in [-0.2, -0.15) is 0 Å². The summed E-state index contributed by atoms with van der Waals surface area (Å²) in [5.41, 5.74) is -0.413. The zero-order valence-corrected chi connectivity index (χ0v) is 20.4. The van der Waals surface area contributed by atoms with Gasteiger partial charge < -0.3 is 10.2 Å². The van der Waals surface area contributed by atoms with Crippen LogP contribution in [0.3, 0.4) is 0 Å². The molecule has 2 aromatic rings. The molecule has 3 amide bonds. The Labute approximate surface area is 199 Å². The van der Waals surface area contributed by atoms with Gasteiger partial charge in [0.05, 0.1) is 16.1 Å². The first-order valence-corrected chi connectivity index (χ1v) is 12.5. The Kier molecular flexibility index (Phi) is 5.77. The van der Waals surface area contributed by atoms with E-state index in [0.29, 0.717) is 17.7 Å². The Bertz CT molecular complexity index is 1280. The Hall–Kier alpha value is -3.24. The van der Waals surface area contributed by atoms with Gasteiger partial charge in [0.25, 0.3) is 5.91 Å². The summed E-state index contributed by atoms with van der Waals surface area (Å²) < 4.78 is 27.9. The second-order valence-corrected chi connectivity index (χ2v) is 11.5. The zero-order valence-electron chi connectivity index (χ0n) is 19.6. The smallest absolute Gasteiger partial charge is 0.258 e. The van der Waals surface area contributed by atoms with E-state index in [4.69, 9.17) is 0 Å². The van der Waals surface area contributed by atoms with Gasteiger partial charge in [-0.1, -0.05) is 18.2 Å². The fourth-order valence-electron chi connectivity index (χ4n) is 4.49. The third kappa shape index (κ3) is 4.30. The van der Waals surface area contributed by atoms with Gasteiger partial charge in [-0.05, 0) is 64.4 Å². The van der Waals surface area contributed by atoms with Crippen molar-refractivity contribution < 1.29 is 22.8 Å². The van der Waals surface area contributed by atoms with Gasteiger partial charge in [0, 0.05) is 17.6 Å². The summed E-state index contributed by atoms with van der Waals surface area (Å²) in [6.07, 6.45) is 0.683. The molecule has 0 spiro atoms. The highest BCUT2D eigenvalue weighted by Crippen LogP contribution is 2.43. The summed E-state index contributed by atoms with van der Waals surface area (Å²) in [5, 5.41) is 2.69. The van der Waals surface area contributed by atoms with Crippen LogP contribution in [-0.2, 0) is 19.6 Å². The van der Waals surface area contributed by atoms with Crippen molar-refractivity contribution in [1.29, 1.82) is 0 Å². The molecule has 2 aromatic carbocycles. The van der Waals surface area contributed by atoms with Crippen LogP contribution in [0, 0.1) is 0 Å². The van der Waals surface area contributed by atoms with E-state index >= 15 is 0 Å². The highest BCUT2D eigenvalue weighted by atomic mass is 32.2.